The molecule has 0 aliphatic carbocycles. The minimum atomic E-state index is -0.549. The predicted molar refractivity (Wildman–Crippen MR) is 121 cm³/mol. The molecule has 0 saturated heterocycles. The van der Waals surface area contributed by atoms with Crippen molar-refractivity contribution in [2.75, 3.05) is 18.1 Å². The summed E-state index contributed by atoms with van der Waals surface area (Å²) in [6, 6.07) is 19.2. The highest BCUT2D eigenvalue weighted by atomic mass is 32.1. The molecule has 0 radical (unpaired) electrons. The number of carbonyl (C=O) groups is 1. The SMILES string of the molecule is O=C(NC(=S)N(CCCCO)c1cccc2ccccc12)c1cccc([N+](=O)[O-])c1. The molecule has 8 heteroatoms. The number of unbranched alkanes of at least 4 members (excludes halogenated alkanes) is 1. The van der Waals surface area contributed by atoms with Gasteiger partial charge in [-0.05, 0) is 42.6 Å². The smallest absolute Gasteiger partial charge is 0.270 e. The fraction of sp³-hybridized carbons (Fsp3) is 0.182. The molecule has 0 aromatic heterocycles. The summed E-state index contributed by atoms with van der Waals surface area (Å²) in [5, 5.41) is 25.0. The van der Waals surface area contributed by atoms with E-state index in [0.29, 0.717) is 19.4 Å². The molecule has 1 amide bonds. The van der Waals surface area contributed by atoms with Crippen LogP contribution in [0.4, 0.5) is 11.4 Å². The Bertz CT molecular complexity index is 1080. The fourth-order valence-corrected chi connectivity index (χ4v) is 3.44. The van der Waals surface area contributed by atoms with Gasteiger partial charge in [-0.15, -0.1) is 0 Å². The van der Waals surface area contributed by atoms with Crippen molar-refractivity contribution in [1.82, 2.24) is 5.32 Å². The van der Waals surface area contributed by atoms with Gasteiger partial charge in [-0.2, -0.15) is 0 Å². The Morgan fingerprint density at radius 2 is 1.80 bits per heavy atom. The molecule has 3 aromatic carbocycles. The molecule has 0 unspecified atom stereocenters. The lowest BCUT2D eigenvalue weighted by Gasteiger charge is -2.27. The van der Waals surface area contributed by atoms with E-state index in [0.717, 1.165) is 16.5 Å². The average molecular weight is 423 g/mol. The fourth-order valence-electron chi connectivity index (χ4n) is 3.15. The van der Waals surface area contributed by atoms with Crippen LogP contribution in [0.5, 0.6) is 0 Å². The van der Waals surface area contributed by atoms with E-state index >= 15 is 0 Å². The number of fused-ring (bicyclic) bond motifs is 1. The Labute approximate surface area is 179 Å². The lowest BCUT2D eigenvalue weighted by molar-refractivity contribution is -0.384. The van der Waals surface area contributed by atoms with Crippen LogP contribution in [0.1, 0.15) is 23.2 Å². The third-order valence-electron chi connectivity index (χ3n) is 4.63. The van der Waals surface area contributed by atoms with Crippen LogP contribution in [-0.2, 0) is 0 Å². The number of nitrogens with one attached hydrogen (secondary N) is 1. The second-order valence-corrected chi connectivity index (χ2v) is 7.03. The predicted octanol–water partition coefficient (Wildman–Crippen LogP) is 4.04. The number of hydrogen-bond donors (Lipinski definition) is 2. The van der Waals surface area contributed by atoms with E-state index in [1.54, 1.807) is 0 Å². The molecule has 3 aromatic rings. The minimum Gasteiger partial charge on any atom is -0.396 e. The standard InChI is InChI=1S/C22H21N3O4S/c26-14-4-3-13-24(20-12-6-8-16-7-1-2-11-19(16)20)22(30)23-21(27)17-9-5-10-18(15-17)25(28)29/h1-2,5-12,15,26H,3-4,13-14H2,(H,23,27,30). The minimum absolute atomic E-state index is 0.0657. The van der Waals surface area contributed by atoms with Crippen molar-refractivity contribution in [3.05, 3.63) is 82.4 Å². The van der Waals surface area contributed by atoms with E-state index in [1.807, 2.05) is 47.4 Å². The lowest BCUT2D eigenvalue weighted by Crippen LogP contribution is -2.43. The van der Waals surface area contributed by atoms with Gasteiger partial charge in [-0.25, -0.2) is 0 Å². The highest BCUT2D eigenvalue weighted by Gasteiger charge is 2.18. The quantitative estimate of drug-likeness (QED) is 0.258. The largest absolute Gasteiger partial charge is 0.396 e. The number of nitrogens with zero attached hydrogens (tertiary/aromatic N) is 2. The van der Waals surface area contributed by atoms with Crippen molar-refractivity contribution in [1.29, 1.82) is 0 Å². The number of nitro groups is 1. The monoisotopic (exact) mass is 423 g/mol. The van der Waals surface area contributed by atoms with Crippen molar-refractivity contribution >= 4 is 45.4 Å². The number of rotatable bonds is 7. The Kier molecular flexibility index (Phi) is 7.05. The summed E-state index contributed by atoms with van der Waals surface area (Å²) in [6.45, 7) is 0.568. The number of non-ortho nitro benzene ring substituents is 1. The molecule has 0 atom stereocenters. The Hall–Kier alpha value is -3.36. The first-order valence-corrected chi connectivity index (χ1v) is 9.88. The van der Waals surface area contributed by atoms with Gasteiger partial charge in [0.15, 0.2) is 5.11 Å². The molecule has 0 saturated carbocycles. The molecule has 0 heterocycles. The van der Waals surface area contributed by atoms with Crippen LogP contribution in [-0.4, -0.2) is 34.2 Å². The number of anilines is 1. The summed E-state index contributed by atoms with van der Waals surface area (Å²) in [5.74, 6) is -0.518. The van der Waals surface area contributed by atoms with Crippen molar-refractivity contribution in [2.24, 2.45) is 0 Å². The summed E-state index contributed by atoms with van der Waals surface area (Å²) >= 11 is 5.53. The number of nitro benzene ring substituents is 1. The Morgan fingerprint density at radius 1 is 1.07 bits per heavy atom. The number of benzene rings is 3. The van der Waals surface area contributed by atoms with Crippen LogP contribution in [0.2, 0.25) is 0 Å². The molecule has 0 fully saturated rings. The maximum atomic E-state index is 12.7. The van der Waals surface area contributed by atoms with Gasteiger partial charge in [-0.1, -0.05) is 42.5 Å². The van der Waals surface area contributed by atoms with E-state index < -0.39 is 10.8 Å². The highest BCUT2D eigenvalue weighted by molar-refractivity contribution is 7.80. The molecular weight excluding hydrogens is 402 g/mol. The van der Waals surface area contributed by atoms with E-state index in [2.05, 4.69) is 5.32 Å². The second kappa shape index (κ2) is 9.91. The first kappa shape index (κ1) is 21.4. The summed E-state index contributed by atoms with van der Waals surface area (Å²) in [4.78, 5) is 24.9. The van der Waals surface area contributed by atoms with Crippen LogP contribution < -0.4 is 10.2 Å². The maximum Gasteiger partial charge on any atom is 0.270 e. The molecule has 154 valence electrons. The molecule has 0 bridgehead atoms. The Morgan fingerprint density at radius 3 is 2.57 bits per heavy atom. The third kappa shape index (κ3) is 4.97. The van der Waals surface area contributed by atoms with Gasteiger partial charge in [0, 0.05) is 36.2 Å². The molecule has 0 aliphatic heterocycles. The van der Waals surface area contributed by atoms with Gasteiger partial charge in [0.2, 0.25) is 0 Å². The number of thiocarbonyl (C=S) groups is 1. The lowest BCUT2D eigenvalue weighted by atomic mass is 10.1. The topological polar surface area (TPSA) is 95.7 Å². The van der Waals surface area contributed by atoms with E-state index in [-0.39, 0.29) is 23.0 Å². The third-order valence-corrected chi connectivity index (χ3v) is 4.95. The van der Waals surface area contributed by atoms with Crippen LogP contribution in [0.3, 0.4) is 0 Å². The van der Waals surface area contributed by atoms with Crippen molar-refractivity contribution in [3.63, 3.8) is 0 Å². The average Bonchev–Trinajstić information content (AvgIpc) is 2.76. The first-order chi connectivity index (χ1) is 14.5. The number of amides is 1. The van der Waals surface area contributed by atoms with Crippen molar-refractivity contribution in [2.45, 2.75) is 12.8 Å². The molecule has 2 N–H and O–H groups in total. The second-order valence-electron chi connectivity index (χ2n) is 6.65. The normalized spacial score (nSPS) is 10.6. The molecule has 0 spiro atoms. The summed E-state index contributed by atoms with van der Waals surface area (Å²) in [5.41, 5.74) is 0.831. The van der Waals surface area contributed by atoms with Crippen molar-refractivity contribution < 1.29 is 14.8 Å². The van der Waals surface area contributed by atoms with Crippen molar-refractivity contribution in [3.8, 4) is 0 Å². The molecule has 3 rings (SSSR count). The Balaban J connectivity index is 1.88. The number of carbonyl (C=O) groups excluding carboxylic acids is 1. The van der Waals surface area contributed by atoms with Crippen LogP contribution in [0, 0.1) is 10.1 Å². The van der Waals surface area contributed by atoms with Gasteiger partial charge in [0.1, 0.15) is 0 Å². The first-order valence-electron chi connectivity index (χ1n) is 9.47. The van der Waals surface area contributed by atoms with Gasteiger partial charge in [0.05, 0.1) is 10.6 Å². The molecule has 7 nitrogen and oxygen atoms in total. The summed E-state index contributed by atoms with van der Waals surface area (Å²) in [7, 11) is 0. The van der Waals surface area contributed by atoms with Crippen LogP contribution in [0.25, 0.3) is 10.8 Å². The van der Waals surface area contributed by atoms with Gasteiger partial charge in [-0.3, -0.25) is 20.2 Å². The summed E-state index contributed by atoms with van der Waals surface area (Å²) in [6.07, 6.45) is 1.27. The van der Waals surface area contributed by atoms with E-state index in [1.165, 1.54) is 24.3 Å². The van der Waals surface area contributed by atoms with E-state index in [4.69, 9.17) is 17.3 Å². The summed E-state index contributed by atoms with van der Waals surface area (Å²) < 4.78 is 0. The van der Waals surface area contributed by atoms with E-state index in [9.17, 15) is 14.9 Å². The number of aliphatic hydroxyl groups is 1. The van der Waals surface area contributed by atoms with Crippen LogP contribution in [0.15, 0.2) is 66.7 Å². The highest BCUT2D eigenvalue weighted by Crippen LogP contribution is 2.27. The van der Waals surface area contributed by atoms with Gasteiger partial charge >= 0.3 is 0 Å². The molecular formula is C22H21N3O4S. The van der Waals surface area contributed by atoms with Crippen LogP contribution >= 0.6 is 12.2 Å². The zero-order chi connectivity index (χ0) is 21.5. The number of hydrogen-bond acceptors (Lipinski definition) is 5. The molecule has 0 aliphatic rings. The zero-order valence-corrected chi connectivity index (χ0v) is 17.0. The number of aliphatic hydroxyl groups excluding tert-OH is 1. The zero-order valence-electron chi connectivity index (χ0n) is 16.2. The van der Waals surface area contributed by atoms with Gasteiger partial charge < -0.3 is 10.0 Å². The van der Waals surface area contributed by atoms with Gasteiger partial charge in [0.25, 0.3) is 11.6 Å². The maximum absolute atomic E-state index is 12.7. The molecule has 30 heavy (non-hydrogen) atoms.